The lowest BCUT2D eigenvalue weighted by atomic mass is 10.1. The molecule has 0 radical (unpaired) electrons. The Hall–Kier alpha value is -4.23. The first kappa shape index (κ1) is 22.6. The van der Waals surface area contributed by atoms with Crippen LogP contribution in [0.5, 0.6) is 5.75 Å². The number of fused-ring (bicyclic) bond motifs is 1. The molecule has 0 aliphatic rings. The van der Waals surface area contributed by atoms with Crippen LogP contribution in [0.25, 0.3) is 32.8 Å². The van der Waals surface area contributed by atoms with Crippen LogP contribution in [0.1, 0.15) is 11.1 Å². The normalized spacial score (nSPS) is 10.9. The van der Waals surface area contributed by atoms with E-state index < -0.39 is 5.63 Å². The van der Waals surface area contributed by atoms with Gasteiger partial charge in [0.2, 0.25) is 0 Å². The molecule has 0 saturated carbocycles. The Balaban J connectivity index is 1.15. The van der Waals surface area contributed by atoms with Crippen molar-refractivity contribution in [1.29, 1.82) is 0 Å². The molecule has 0 fully saturated rings. The third kappa shape index (κ3) is 5.31. The third-order valence-corrected chi connectivity index (χ3v) is 6.45. The number of carbonyl (C=O) groups is 1. The van der Waals surface area contributed by atoms with Crippen LogP contribution in [-0.4, -0.2) is 17.5 Å². The number of aryl methyl sites for hydroxylation is 1. The molecular weight excluding hydrogens is 460 g/mol. The zero-order valence-corrected chi connectivity index (χ0v) is 19.8. The highest BCUT2D eigenvalue weighted by molar-refractivity contribution is 7.13. The van der Waals surface area contributed by atoms with Crippen molar-refractivity contribution in [2.24, 2.45) is 0 Å². The molecule has 6 nitrogen and oxygen atoms in total. The number of nitrogens with one attached hydrogen (secondary N) is 1. The molecule has 7 heteroatoms. The van der Waals surface area contributed by atoms with Crippen molar-refractivity contribution in [1.82, 2.24) is 10.3 Å². The van der Waals surface area contributed by atoms with Gasteiger partial charge in [0.15, 0.2) is 6.61 Å². The number of thiazole rings is 1. The highest BCUT2D eigenvalue weighted by Gasteiger charge is 2.09. The molecule has 5 rings (SSSR count). The zero-order chi connectivity index (χ0) is 24.2. The van der Waals surface area contributed by atoms with Crippen molar-refractivity contribution in [3.63, 3.8) is 0 Å². The van der Waals surface area contributed by atoms with Crippen LogP contribution >= 0.6 is 11.3 Å². The van der Waals surface area contributed by atoms with Gasteiger partial charge in [-0.1, -0.05) is 54.6 Å². The van der Waals surface area contributed by atoms with E-state index in [1.54, 1.807) is 23.5 Å². The average Bonchev–Trinajstić information content (AvgIpc) is 3.37. The first-order chi connectivity index (χ1) is 17.0. The number of aromatic nitrogens is 1. The Morgan fingerprint density at radius 2 is 1.80 bits per heavy atom. The molecule has 0 spiro atoms. The fourth-order valence-electron chi connectivity index (χ4n) is 3.71. The van der Waals surface area contributed by atoms with Gasteiger partial charge < -0.3 is 14.5 Å². The van der Waals surface area contributed by atoms with E-state index in [1.807, 2.05) is 67.6 Å². The summed E-state index contributed by atoms with van der Waals surface area (Å²) in [5.74, 6) is 0.219. The first-order valence-corrected chi connectivity index (χ1v) is 12.0. The van der Waals surface area contributed by atoms with E-state index in [0.717, 1.165) is 38.3 Å². The number of hydrogen-bond donors (Lipinski definition) is 1. The quantitative estimate of drug-likeness (QED) is 0.306. The number of ether oxygens (including phenoxy) is 1. The van der Waals surface area contributed by atoms with Gasteiger partial charge in [0.05, 0.1) is 5.69 Å². The maximum atomic E-state index is 12.3. The first-order valence-electron chi connectivity index (χ1n) is 11.1. The van der Waals surface area contributed by atoms with Gasteiger partial charge in [-0.3, -0.25) is 4.79 Å². The molecule has 0 aliphatic carbocycles. The SMILES string of the molecule is Cc1cc(=O)oc2cc(OCC(=O)NCc3ccc(-c4nc(-c5ccccc5)cs4)cc3)ccc12. The Bertz CT molecular complexity index is 1540. The fraction of sp³-hybridized carbons (Fsp3) is 0.107. The van der Waals surface area contributed by atoms with E-state index >= 15 is 0 Å². The van der Waals surface area contributed by atoms with Crippen LogP contribution in [0.2, 0.25) is 0 Å². The van der Waals surface area contributed by atoms with Crippen molar-refractivity contribution < 1.29 is 13.9 Å². The molecule has 2 aromatic heterocycles. The van der Waals surface area contributed by atoms with Crippen molar-refractivity contribution >= 4 is 28.2 Å². The van der Waals surface area contributed by atoms with Crippen LogP contribution in [0.4, 0.5) is 0 Å². The van der Waals surface area contributed by atoms with Crippen LogP contribution in [-0.2, 0) is 11.3 Å². The summed E-state index contributed by atoms with van der Waals surface area (Å²) in [5.41, 5.74) is 4.92. The molecule has 0 atom stereocenters. The standard InChI is InChI=1S/C28H22N2O4S/c1-18-13-27(32)34-25-14-22(11-12-23(18)25)33-16-26(31)29-15-19-7-9-21(10-8-19)28-30-24(17-35-28)20-5-3-2-4-6-20/h2-14,17H,15-16H2,1H3,(H,29,31). The number of hydrogen-bond acceptors (Lipinski definition) is 6. The molecule has 1 N–H and O–H groups in total. The van der Waals surface area contributed by atoms with Crippen molar-refractivity contribution in [3.05, 3.63) is 106 Å². The summed E-state index contributed by atoms with van der Waals surface area (Å²) in [7, 11) is 0. The summed E-state index contributed by atoms with van der Waals surface area (Å²) < 4.78 is 10.8. The number of carbonyl (C=O) groups excluding carboxylic acids is 1. The van der Waals surface area contributed by atoms with Gasteiger partial charge in [0.1, 0.15) is 16.3 Å². The average molecular weight is 483 g/mol. The zero-order valence-electron chi connectivity index (χ0n) is 19.0. The second-order valence-corrected chi connectivity index (χ2v) is 8.93. The van der Waals surface area contributed by atoms with Gasteiger partial charge in [0, 0.05) is 40.6 Å². The third-order valence-electron chi connectivity index (χ3n) is 5.56. The molecule has 0 unspecified atom stereocenters. The van der Waals surface area contributed by atoms with E-state index in [4.69, 9.17) is 14.1 Å². The number of nitrogens with zero attached hydrogens (tertiary/aromatic N) is 1. The van der Waals surface area contributed by atoms with Crippen LogP contribution in [0, 0.1) is 6.92 Å². The minimum Gasteiger partial charge on any atom is -0.484 e. The highest BCUT2D eigenvalue weighted by atomic mass is 32.1. The van der Waals surface area contributed by atoms with E-state index in [1.165, 1.54) is 6.07 Å². The molecular formula is C28H22N2O4S. The van der Waals surface area contributed by atoms with Gasteiger partial charge in [-0.2, -0.15) is 0 Å². The second-order valence-electron chi connectivity index (χ2n) is 8.07. The molecule has 1 amide bonds. The van der Waals surface area contributed by atoms with Crippen LogP contribution in [0.15, 0.2) is 93.5 Å². The van der Waals surface area contributed by atoms with Crippen LogP contribution in [0.3, 0.4) is 0 Å². The fourth-order valence-corrected chi connectivity index (χ4v) is 4.54. The van der Waals surface area contributed by atoms with Gasteiger partial charge in [-0.25, -0.2) is 9.78 Å². The summed E-state index contributed by atoms with van der Waals surface area (Å²) in [4.78, 5) is 28.6. The Labute approximate surface area is 205 Å². The monoisotopic (exact) mass is 482 g/mol. The molecule has 35 heavy (non-hydrogen) atoms. The Kier molecular flexibility index (Phi) is 6.41. The highest BCUT2D eigenvalue weighted by Crippen LogP contribution is 2.29. The van der Waals surface area contributed by atoms with Gasteiger partial charge in [0.25, 0.3) is 5.91 Å². The largest absolute Gasteiger partial charge is 0.484 e. The van der Waals surface area contributed by atoms with Crippen molar-refractivity contribution in [3.8, 4) is 27.6 Å². The Morgan fingerprint density at radius 3 is 2.60 bits per heavy atom. The molecule has 0 saturated heterocycles. The lowest BCUT2D eigenvalue weighted by Gasteiger charge is -2.09. The maximum absolute atomic E-state index is 12.3. The molecule has 3 aromatic carbocycles. The van der Waals surface area contributed by atoms with E-state index in [-0.39, 0.29) is 12.5 Å². The van der Waals surface area contributed by atoms with Crippen molar-refractivity contribution in [2.75, 3.05) is 6.61 Å². The molecule has 174 valence electrons. The van der Waals surface area contributed by atoms with Gasteiger partial charge in [-0.15, -0.1) is 11.3 Å². The molecule has 0 aliphatic heterocycles. The number of benzene rings is 3. The van der Waals surface area contributed by atoms with E-state index in [9.17, 15) is 9.59 Å². The number of rotatable bonds is 7. The van der Waals surface area contributed by atoms with E-state index in [2.05, 4.69) is 10.7 Å². The summed E-state index contributed by atoms with van der Waals surface area (Å²) in [6.45, 7) is 2.10. The lowest BCUT2D eigenvalue weighted by Crippen LogP contribution is -2.28. The Morgan fingerprint density at radius 1 is 1.00 bits per heavy atom. The summed E-state index contributed by atoms with van der Waals surface area (Å²) in [6, 6.07) is 24.7. The van der Waals surface area contributed by atoms with Crippen molar-refractivity contribution in [2.45, 2.75) is 13.5 Å². The maximum Gasteiger partial charge on any atom is 0.336 e. The summed E-state index contributed by atoms with van der Waals surface area (Å²) in [5, 5.41) is 6.70. The predicted molar refractivity (Wildman–Crippen MR) is 138 cm³/mol. The number of amides is 1. The topological polar surface area (TPSA) is 81.4 Å². The van der Waals surface area contributed by atoms with Gasteiger partial charge >= 0.3 is 5.63 Å². The lowest BCUT2D eigenvalue weighted by molar-refractivity contribution is -0.123. The van der Waals surface area contributed by atoms with Crippen LogP contribution < -0.4 is 15.7 Å². The minimum absolute atomic E-state index is 0.138. The summed E-state index contributed by atoms with van der Waals surface area (Å²) >= 11 is 1.61. The summed E-state index contributed by atoms with van der Waals surface area (Å²) in [6.07, 6.45) is 0. The van der Waals surface area contributed by atoms with Gasteiger partial charge in [-0.05, 0) is 30.2 Å². The molecule has 0 bridgehead atoms. The minimum atomic E-state index is -0.414. The molecule has 5 aromatic rings. The smallest absolute Gasteiger partial charge is 0.336 e. The second kappa shape index (κ2) is 9.95. The molecule has 2 heterocycles. The predicted octanol–water partition coefficient (Wildman–Crippen LogP) is 5.59. The van der Waals surface area contributed by atoms with E-state index in [0.29, 0.717) is 17.9 Å².